The Hall–Kier alpha value is -3.02. The van der Waals surface area contributed by atoms with Gasteiger partial charge in [0.1, 0.15) is 5.82 Å². The Kier molecular flexibility index (Phi) is 5.23. The molecule has 1 aromatic carbocycles. The van der Waals surface area contributed by atoms with Gasteiger partial charge in [0.2, 0.25) is 12.7 Å². The highest BCUT2D eigenvalue weighted by molar-refractivity contribution is 5.91. The monoisotopic (exact) mass is 365 g/mol. The van der Waals surface area contributed by atoms with Crippen molar-refractivity contribution in [1.29, 1.82) is 0 Å². The molecule has 0 atom stereocenters. The molecule has 0 radical (unpaired) electrons. The third-order valence-corrected chi connectivity index (χ3v) is 4.98. The molecular weight excluding hydrogens is 342 g/mol. The largest absolute Gasteiger partial charge is 0.454 e. The first-order valence-electron chi connectivity index (χ1n) is 9.29. The van der Waals surface area contributed by atoms with E-state index in [9.17, 15) is 4.79 Å². The quantitative estimate of drug-likeness (QED) is 0.826. The highest BCUT2D eigenvalue weighted by Gasteiger charge is 2.20. The van der Waals surface area contributed by atoms with Crippen molar-refractivity contribution in [2.75, 3.05) is 31.3 Å². The van der Waals surface area contributed by atoms with Gasteiger partial charge >= 0.3 is 0 Å². The van der Waals surface area contributed by atoms with Gasteiger partial charge in [0.25, 0.3) is 0 Å². The van der Waals surface area contributed by atoms with Crippen LogP contribution in [0.4, 0.5) is 5.82 Å². The molecule has 0 unspecified atom stereocenters. The molecule has 1 N–H and O–H groups in total. The van der Waals surface area contributed by atoms with Crippen molar-refractivity contribution < 1.29 is 14.3 Å². The number of pyridine rings is 1. The zero-order chi connectivity index (χ0) is 18.5. The fourth-order valence-electron chi connectivity index (χ4n) is 3.40. The lowest BCUT2D eigenvalue weighted by atomic mass is 9.97. The molecule has 1 saturated heterocycles. The standard InChI is InChI=1S/C21H23N3O3/c25-21(7-5-16-4-6-18-19(13-16)27-15-26-18)23-14-17-8-11-24(12-9-17)20-3-1-2-10-22-20/h1-7,10,13,17H,8-9,11-12,14-15H2,(H,23,25)/b7-5+. The normalized spacial score (nSPS) is 16.7. The maximum atomic E-state index is 12.1. The molecule has 2 aromatic rings. The molecule has 0 aliphatic carbocycles. The number of piperidine rings is 1. The highest BCUT2D eigenvalue weighted by atomic mass is 16.7. The number of carbonyl (C=O) groups excluding carboxylic acids is 1. The van der Waals surface area contributed by atoms with Crippen molar-refractivity contribution in [3.05, 3.63) is 54.2 Å². The average Bonchev–Trinajstić information content (AvgIpc) is 3.19. The summed E-state index contributed by atoms with van der Waals surface area (Å²) in [5, 5.41) is 3.01. The molecular formula is C21H23N3O3. The van der Waals surface area contributed by atoms with Gasteiger partial charge in [-0.2, -0.15) is 0 Å². The number of nitrogens with one attached hydrogen (secondary N) is 1. The first-order valence-corrected chi connectivity index (χ1v) is 9.29. The lowest BCUT2D eigenvalue weighted by Gasteiger charge is -2.32. The van der Waals surface area contributed by atoms with Gasteiger partial charge < -0.3 is 19.7 Å². The highest BCUT2D eigenvalue weighted by Crippen LogP contribution is 2.32. The number of amides is 1. The Balaban J connectivity index is 1.22. The number of hydrogen-bond donors (Lipinski definition) is 1. The van der Waals surface area contributed by atoms with Gasteiger partial charge in [-0.1, -0.05) is 12.1 Å². The zero-order valence-corrected chi connectivity index (χ0v) is 15.1. The van der Waals surface area contributed by atoms with Gasteiger partial charge in [-0.15, -0.1) is 0 Å². The number of hydrogen-bond acceptors (Lipinski definition) is 5. The molecule has 6 heteroatoms. The van der Waals surface area contributed by atoms with Crippen molar-refractivity contribution in [1.82, 2.24) is 10.3 Å². The summed E-state index contributed by atoms with van der Waals surface area (Å²) in [5.41, 5.74) is 0.915. The van der Waals surface area contributed by atoms with Crippen LogP contribution in [0.3, 0.4) is 0 Å². The third-order valence-electron chi connectivity index (χ3n) is 4.98. The smallest absolute Gasteiger partial charge is 0.244 e. The Morgan fingerprint density at radius 1 is 1.19 bits per heavy atom. The van der Waals surface area contributed by atoms with Crippen LogP contribution < -0.4 is 19.7 Å². The Bertz CT molecular complexity index is 815. The van der Waals surface area contributed by atoms with E-state index in [1.807, 2.05) is 42.6 Å². The number of fused-ring (bicyclic) bond motifs is 1. The Morgan fingerprint density at radius 3 is 2.85 bits per heavy atom. The van der Waals surface area contributed by atoms with Gasteiger partial charge in [-0.3, -0.25) is 4.79 Å². The second-order valence-electron chi connectivity index (χ2n) is 6.81. The Morgan fingerprint density at radius 2 is 2.04 bits per heavy atom. The van der Waals surface area contributed by atoms with Crippen LogP contribution in [0.1, 0.15) is 18.4 Å². The fraction of sp³-hybridized carbons (Fsp3) is 0.333. The van der Waals surface area contributed by atoms with Crippen LogP contribution in [0.25, 0.3) is 6.08 Å². The summed E-state index contributed by atoms with van der Waals surface area (Å²) >= 11 is 0. The predicted molar refractivity (Wildman–Crippen MR) is 104 cm³/mol. The summed E-state index contributed by atoms with van der Waals surface area (Å²) in [6.45, 7) is 2.91. The Labute approximate surface area is 158 Å². The van der Waals surface area contributed by atoms with E-state index in [1.54, 1.807) is 12.2 Å². The van der Waals surface area contributed by atoms with Crippen LogP contribution in [0.5, 0.6) is 11.5 Å². The van der Waals surface area contributed by atoms with E-state index >= 15 is 0 Å². The van der Waals surface area contributed by atoms with Crippen molar-refractivity contribution in [2.24, 2.45) is 5.92 Å². The van der Waals surface area contributed by atoms with E-state index in [4.69, 9.17) is 9.47 Å². The first kappa shape index (κ1) is 17.4. The minimum absolute atomic E-state index is 0.0696. The maximum Gasteiger partial charge on any atom is 0.244 e. The first-order chi connectivity index (χ1) is 13.3. The molecule has 0 bridgehead atoms. The summed E-state index contributed by atoms with van der Waals surface area (Å²) < 4.78 is 10.6. The molecule has 4 rings (SSSR count). The molecule has 6 nitrogen and oxygen atoms in total. The summed E-state index contributed by atoms with van der Waals surface area (Å²) in [4.78, 5) is 18.8. The minimum Gasteiger partial charge on any atom is -0.454 e. The number of benzene rings is 1. The molecule has 2 aliphatic heterocycles. The second kappa shape index (κ2) is 8.12. The van der Waals surface area contributed by atoms with E-state index in [1.165, 1.54) is 0 Å². The molecule has 140 valence electrons. The van der Waals surface area contributed by atoms with E-state index in [2.05, 4.69) is 15.2 Å². The molecule has 0 spiro atoms. The summed E-state index contributed by atoms with van der Waals surface area (Å²) in [6.07, 6.45) is 7.31. The summed E-state index contributed by atoms with van der Waals surface area (Å²) in [5.74, 6) is 2.94. The number of aromatic nitrogens is 1. The minimum atomic E-state index is -0.0696. The molecule has 2 aliphatic rings. The van der Waals surface area contributed by atoms with Gasteiger partial charge in [-0.05, 0) is 54.7 Å². The van der Waals surface area contributed by atoms with E-state index in [-0.39, 0.29) is 12.7 Å². The summed E-state index contributed by atoms with van der Waals surface area (Å²) in [6, 6.07) is 11.6. The molecule has 1 amide bonds. The topological polar surface area (TPSA) is 63.7 Å². The van der Waals surface area contributed by atoms with Gasteiger partial charge in [0.05, 0.1) is 0 Å². The average molecular weight is 365 g/mol. The maximum absolute atomic E-state index is 12.1. The number of nitrogens with zero attached hydrogens (tertiary/aromatic N) is 2. The van der Waals surface area contributed by atoms with E-state index in [0.717, 1.165) is 48.8 Å². The summed E-state index contributed by atoms with van der Waals surface area (Å²) in [7, 11) is 0. The lowest BCUT2D eigenvalue weighted by molar-refractivity contribution is -0.116. The SMILES string of the molecule is O=C(/C=C/c1ccc2c(c1)OCO2)NCC1CCN(c2ccccn2)CC1. The lowest BCUT2D eigenvalue weighted by Crippen LogP contribution is -2.38. The van der Waals surface area contributed by atoms with Crippen LogP contribution in [-0.4, -0.2) is 37.3 Å². The van der Waals surface area contributed by atoms with E-state index < -0.39 is 0 Å². The van der Waals surface area contributed by atoms with Gasteiger partial charge in [0, 0.05) is 31.9 Å². The second-order valence-corrected chi connectivity index (χ2v) is 6.81. The number of rotatable bonds is 5. The van der Waals surface area contributed by atoms with Crippen molar-refractivity contribution in [3.8, 4) is 11.5 Å². The molecule has 1 aromatic heterocycles. The number of carbonyl (C=O) groups is 1. The third kappa shape index (κ3) is 4.39. The van der Waals surface area contributed by atoms with Crippen LogP contribution >= 0.6 is 0 Å². The molecule has 27 heavy (non-hydrogen) atoms. The van der Waals surface area contributed by atoms with Gasteiger partial charge in [0.15, 0.2) is 11.5 Å². The van der Waals surface area contributed by atoms with Crippen LogP contribution in [0.2, 0.25) is 0 Å². The fourth-order valence-corrected chi connectivity index (χ4v) is 3.40. The van der Waals surface area contributed by atoms with Crippen LogP contribution in [0, 0.1) is 5.92 Å². The molecule has 3 heterocycles. The van der Waals surface area contributed by atoms with Crippen molar-refractivity contribution in [2.45, 2.75) is 12.8 Å². The van der Waals surface area contributed by atoms with Crippen LogP contribution in [-0.2, 0) is 4.79 Å². The predicted octanol–water partition coefficient (Wildman–Crippen LogP) is 2.86. The number of anilines is 1. The van der Waals surface area contributed by atoms with Crippen LogP contribution in [0.15, 0.2) is 48.7 Å². The number of ether oxygens (including phenoxy) is 2. The zero-order valence-electron chi connectivity index (χ0n) is 15.1. The van der Waals surface area contributed by atoms with Crippen molar-refractivity contribution in [3.63, 3.8) is 0 Å². The van der Waals surface area contributed by atoms with Gasteiger partial charge in [-0.25, -0.2) is 4.98 Å². The van der Waals surface area contributed by atoms with Crippen molar-refractivity contribution >= 4 is 17.8 Å². The molecule has 1 fully saturated rings. The molecule has 0 saturated carbocycles. The van der Waals surface area contributed by atoms with E-state index in [0.29, 0.717) is 12.5 Å².